The first-order chi connectivity index (χ1) is 15.9. The Kier molecular flexibility index (Phi) is 5.78. The van der Waals surface area contributed by atoms with E-state index in [1.54, 1.807) is 0 Å². The Balaban J connectivity index is 1.83. The second-order valence-corrected chi connectivity index (χ2v) is 8.21. The van der Waals surface area contributed by atoms with Crippen LogP contribution in [0, 0.1) is 5.41 Å². The highest BCUT2D eigenvalue weighted by Gasteiger charge is 2.63. The van der Waals surface area contributed by atoms with E-state index in [2.05, 4.69) is 9.97 Å². The van der Waals surface area contributed by atoms with Crippen molar-refractivity contribution >= 4 is 29.1 Å². The summed E-state index contributed by atoms with van der Waals surface area (Å²) in [6, 6.07) is 0. The number of ether oxygens (including phenoxy) is 3. The minimum Gasteiger partial charge on any atom is -0.454 e. The predicted molar refractivity (Wildman–Crippen MR) is 105 cm³/mol. The first kappa shape index (κ1) is 23.9. The van der Waals surface area contributed by atoms with Crippen molar-refractivity contribution in [3.8, 4) is 0 Å². The van der Waals surface area contributed by atoms with Crippen LogP contribution in [0.3, 0.4) is 0 Å². The van der Waals surface area contributed by atoms with Crippen molar-refractivity contribution in [1.29, 1.82) is 0 Å². The molecule has 4 atom stereocenters. The van der Waals surface area contributed by atoms with Crippen LogP contribution in [-0.2, 0) is 30.3 Å². The number of alkyl halides is 4. The van der Waals surface area contributed by atoms with E-state index in [1.807, 2.05) is 0 Å². The molecule has 3 heterocycles. The van der Waals surface area contributed by atoms with Crippen molar-refractivity contribution < 1.29 is 41.4 Å². The number of nitrogen functional groups attached to an aromatic ring is 1. The quantitative estimate of drug-likeness (QED) is 0.471. The zero-order chi connectivity index (χ0) is 25.0. The van der Waals surface area contributed by atoms with Gasteiger partial charge in [0.2, 0.25) is 18.4 Å². The minimum atomic E-state index is -4.57. The molecule has 0 radical (unpaired) electrons. The van der Waals surface area contributed by atoms with Crippen LogP contribution in [0.1, 0.15) is 39.3 Å². The number of aromatic nitrogens is 4. The van der Waals surface area contributed by atoms with Crippen LogP contribution < -0.4 is 11.4 Å². The monoisotopic (exact) mass is 491 g/mol. The molecule has 1 aliphatic heterocycles. The Bertz CT molecular complexity index is 1190. The maximum atomic E-state index is 15.1. The number of carbonyl (C=O) groups excluding carboxylic acids is 2. The standard InChI is InChI=1S/C19H21F4N5O6/c1-3-10(30)33-15-11(20)12(32-8(2)29)14(34-15)28-13-9(6-25-16(24)26-13)27(17(28)31)7-18(4-5-18)19(21,22)23/h6,11-12,14-15H,3-5,7H2,1-2H3,(H2,24,25,26)/t11-,12-,14-,15+/m1/s1. The van der Waals surface area contributed by atoms with Gasteiger partial charge in [-0.2, -0.15) is 18.2 Å². The van der Waals surface area contributed by atoms with Crippen LogP contribution in [0.5, 0.6) is 0 Å². The average molecular weight is 491 g/mol. The maximum Gasteiger partial charge on any atom is 0.396 e. The zero-order valence-corrected chi connectivity index (χ0v) is 18.0. The number of anilines is 1. The summed E-state index contributed by atoms with van der Waals surface area (Å²) in [4.78, 5) is 44.3. The van der Waals surface area contributed by atoms with E-state index in [0.717, 1.165) is 22.3 Å². The molecule has 0 amide bonds. The van der Waals surface area contributed by atoms with E-state index in [1.165, 1.54) is 6.92 Å². The van der Waals surface area contributed by atoms with Gasteiger partial charge in [-0.1, -0.05) is 6.92 Å². The number of hydrogen-bond donors (Lipinski definition) is 1. The van der Waals surface area contributed by atoms with Crippen LogP contribution in [0.25, 0.3) is 11.2 Å². The summed E-state index contributed by atoms with van der Waals surface area (Å²) < 4.78 is 72.7. The van der Waals surface area contributed by atoms with Gasteiger partial charge in [0, 0.05) is 19.9 Å². The lowest BCUT2D eigenvalue weighted by Crippen LogP contribution is -2.38. The summed E-state index contributed by atoms with van der Waals surface area (Å²) in [5.74, 6) is -2.07. The highest BCUT2D eigenvalue weighted by molar-refractivity contribution is 5.72. The third kappa shape index (κ3) is 3.97. The van der Waals surface area contributed by atoms with Gasteiger partial charge in [0.25, 0.3) is 0 Å². The number of fused-ring (bicyclic) bond motifs is 1. The molecule has 2 N–H and O–H groups in total. The normalized spacial score (nSPS) is 25.9. The fourth-order valence-electron chi connectivity index (χ4n) is 3.87. The van der Waals surface area contributed by atoms with Crippen molar-refractivity contribution in [2.24, 2.45) is 5.41 Å². The molecule has 2 aromatic rings. The number of esters is 2. The number of halogens is 4. The van der Waals surface area contributed by atoms with Gasteiger partial charge in [0.1, 0.15) is 5.52 Å². The molecule has 0 aromatic carbocycles. The summed E-state index contributed by atoms with van der Waals surface area (Å²) in [6.45, 7) is 1.71. The van der Waals surface area contributed by atoms with Gasteiger partial charge < -0.3 is 19.9 Å². The van der Waals surface area contributed by atoms with Crippen LogP contribution in [0.2, 0.25) is 0 Å². The van der Waals surface area contributed by atoms with Gasteiger partial charge in [-0.3, -0.25) is 14.2 Å². The Morgan fingerprint density at radius 2 is 2.00 bits per heavy atom. The SMILES string of the molecule is CCC(=O)O[C@H]1O[C@@H](n2c(=O)n(CC3(C(F)(F)F)CC3)c3cnc(N)nc32)[C@H](OC(C)=O)[C@H]1F. The summed E-state index contributed by atoms with van der Waals surface area (Å²) in [6.07, 6.45) is -11.5. The highest BCUT2D eigenvalue weighted by Crippen LogP contribution is 2.58. The number of nitrogens with zero attached hydrogens (tertiary/aromatic N) is 4. The Labute approximate surface area is 188 Å². The van der Waals surface area contributed by atoms with Crippen LogP contribution >= 0.6 is 0 Å². The molecule has 15 heteroatoms. The molecule has 1 saturated heterocycles. The fourth-order valence-corrected chi connectivity index (χ4v) is 3.87. The molecule has 11 nitrogen and oxygen atoms in total. The first-order valence-electron chi connectivity index (χ1n) is 10.3. The third-order valence-electron chi connectivity index (χ3n) is 5.86. The smallest absolute Gasteiger partial charge is 0.396 e. The number of nitrogens with two attached hydrogens (primary N) is 1. The molecule has 186 valence electrons. The van der Waals surface area contributed by atoms with Crippen molar-refractivity contribution in [3.63, 3.8) is 0 Å². The molecule has 34 heavy (non-hydrogen) atoms. The first-order valence-corrected chi connectivity index (χ1v) is 10.3. The number of carbonyl (C=O) groups is 2. The van der Waals surface area contributed by atoms with Crippen LogP contribution in [0.4, 0.5) is 23.5 Å². The van der Waals surface area contributed by atoms with Crippen molar-refractivity contribution in [2.45, 2.75) is 70.6 Å². The molecule has 0 spiro atoms. The minimum absolute atomic E-state index is 0.107. The largest absolute Gasteiger partial charge is 0.454 e. The topological polar surface area (TPSA) is 141 Å². The summed E-state index contributed by atoms with van der Waals surface area (Å²) >= 11 is 0. The molecule has 1 saturated carbocycles. The fraction of sp³-hybridized carbons (Fsp3) is 0.632. The van der Waals surface area contributed by atoms with Crippen molar-refractivity contribution in [2.75, 3.05) is 5.73 Å². The molecule has 2 aliphatic rings. The number of hydrogen-bond acceptors (Lipinski definition) is 9. The zero-order valence-electron chi connectivity index (χ0n) is 18.0. The van der Waals surface area contributed by atoms with Gasteiger partial charge in [0.15, 0.2) is 18.0 Å². The lowest BCUT2D eigenvalue weighted by Gasteiger charge is -2.20. The van der Waals surface area contributed by atoms with Gasteiger partial charge in [-0.25, -0.2) is 18.7 Å². The molecule has 0 unspecified atom stereocenters. The summed E-state index contributed by atoms with van der Waals surface area (Å²) in [7, 11) is 0. The van der Waals surface area contributed by atoms with Crippen LogP contribution in [-0.4, -0.2) is 55.8 Å². The Morgan fingerprint density at radius 3 is 2.56 bits per heavy atom. The maximum absolute atomic E-state index is 15.1. The number of imidazole rings is 1. The molecule has 1 aliphatic carbocycles. The van der Waals surface area contributed by atoms with Crippen molar-refractivity contribution in [1.82, 2.24) is 19.1 Å². The van der Waals surface area contributed by atoms with E-state index in [4.69, 9.17) is 19.9 Å². The predicted octanol–water partition coefficient (Wildman–Crippen LogP) is 1.60. The molecule has 2 fully saturated rings. The van der Waals surface area contributed by atoms with Gasteiger partial charge >= 0.3 is 23.8 Å². The summed E-state index contributed by atoms with van der Waals surface area (Å²) in [5.41, 5.74) is 2.11. The Morgan fingerprint density at radius 1 is 1.32 bits per heavy atom. The van der Waals surface area contributed by atoms with E-state index in [9.17, 15) is 27.6 Å². The summed E-state index contributed by atoms with van der Waals surface area (Å²) in [5, 5.41) is 0. The lowest BCUT2D eigenvalue weighted by molar-refractivity contribution is -0.191. The van der Waals surface area contributed by atoms with Crippen molar-refractivity contribution in [3.05, 3.63) is 16.7 Å². The Hall–Kier alpha value is -3.23. The van der Waals surface area contributed by atoms with Gasteiger partial charge in [-0.15, -0.1) is 0 Å². The molecule has 0 bridgehead atoms. The second kappa shape index (κ2) is 8.21. The average Bonchev–Trinajstić information content (AvgIpc) is 3.44. The van der Waals surface area contributed by atoms with E-state index < -0.39 is 60.6 Å². The van der Waals surface area contributed by atoms with Gasteiger partial charge in [0.05, 0.1) is 11.6 Å². The van der Waals surface area contributed by atoms with Crippen LogP contribution in [0.15, 0.2) is 11.0 Å². The van der Waals surface area contributed by atoms with E-state index in [0.29, 0.717) is 0 Å². The lowest BCUT2D eigenvalue weighted by atomic mass is 10.1. The molecule has 2 aromatic heterocycles. The molecular formula is C19H21F4N5O6. The van der Waals surface area contributed by atoms with E-state index in [-0.39, 0.29) is 36.4 Å². The number of rotatable bonds is 6. The van der Waals surface area contributed by atoms with Gasteiger partial charge in [-0.05, 0) is 12.8 Å². The second-order valence-electron chi connectivity index (χ2n) is 8.21. The molecular weight excluding hydrogens is 470 g/mol. The third-order valence-corrected chi connectivity index (χ3v) is 5.86. The highest BCUT2D eigenvalue weighted by atomic mass is 19.4. The molecule has 4 rings (SSSR count). The van der Waals surface area contributed by atoms with E-state index >= 15 is 4.39 Å².